The predicted molar refractivity (Wildman–Crippen MR) is 83.0 cm³/mol. The summed E-state index contributed by atoms with van der Waals surface area (Å²) < 4.78 is 5.77. The fourth-order valence-corrected chi connectivity index (χ4v) is 4.55. The standard InChI is InChI=1S/C17H32N2O/c1-4-20-15-9-14(10-15)19-12-17(7-5-6-8-17)18-11-16(19)13(2)3/h13-16,18H,4-12H2,1-3H3. The lowest BCUT2D eigenvalue weighted by Crippen LogP contribution is -2.68. The largest absolute Gasteiger partial charge is 0.378 e. The average Bonchev–Trinajstić information content (AvgIpc) is 2.81. The molecule has 2 aliphatic carbocycles. The van der Waals surface area contributed by atoms with E-state index in [1.54, 1.807) is 0 Å². The summed E-state index contributed by atoms with van der Waals surface area (Å²) in [5, 5.41) is 3.92. The summed E-state index contributed by atoms with van der Waals surface area (Å²) in [6.45, 7) is 10.2. The van der Waals surface area contributed by atoms with Crippen molar-refractivity contribution < 1.29 is 4.74 Å². The van der Waals surface area contributed by atoms with Crippen LogP contribution < -0.4 is 5.32 Å². The number of rotatable bonds is 4. The highest BCUT2D eigenvalue weighted by Crippen LogP contribution is 2.39. The van der Waals surface area contributed by atoms with E-state index in [4.69, 9.17) is 4.74 Å². The fraction of sp³-hybridized carbons (Fsp3) is 1.00. The molecule has 1 saturated heterocycles. The number of ether oxygens (including phenoxy) is 1. The van der Waals surface area contributed by atoms with Gasteiger partial charge in [0, 0.05) is 37.3 Å². The van der Waals surface area contributed by atoms with Gasteiger partial charge in [0.1, 0.15) is 0 Å². The van der Waals surface area contributed by atoms with Crippen molar-refractivity contribution in [3.63, 3.8) is 0 Å². The van der Waals surface area contributed by atoms with E-state index in [1.165, 1.54) is 51.6 Å². The fourth-order valence-electron chi connectivity index (χ4n) is 4.55. The molecule has 0 aromatic heterocycles. The number of nitrogens with zero attached hydrogens (tertiary/aromatic N) is 1. The summed E-state index contributed by atoms with van der Waals surface area (Å²) in [4.78, 5) is 2.85. The molecule has 1 N–H and O–H groups in total. The normalized spacial score (nSPS) is 37.5. The van der Waals surface area contributed by atoms with Gasteiger partial charge in [-0.1, -0.05) is 26.7 Å². The second-order valence-electron chi connectivity index (χ2n) is 7.55. The number of piperazine rings is 1. The maximum Gasteiger partial charge on any atom is 0.0604 e. The van der Waals surface area contributed by atoms with Crippen molar-refractivity contribution in [2.75, 3.05) is 19.7 Å². The molecule has 1 atom stereocenters. The molecule has 3 nitrogen and oxygen atoms in total. The first-order chi connectivity index (χ1) is 9.63. The van der Waals surface area contributed by atoms with Crippen molar-refractivity contribution in [1.29, 1.82) is 0 Å². The smallest absolute Gasteiger partial charge is 0.0604 e. The molecule has 3 aliphatic rings. The minimum absolute atomic E-state index is 0.447. The van der Waals surface area contributed by atoms with Crippen LogP contribution in [0.25, 0.3) is 0 Å². The molecule has 0 amide bonds. The molecule has 0 radical (unpaired) electrons. The van der Waals surface area contributed by atoms with Gasteiger partial charge in [0.15, 0.2) is 0 Å². The first kappa shape index (κ1) is 14.8. The Bertz CT molecular complexity index is 319. The van der Waals surface area contributed by atoms with Crippen LogP contribution >= 0.6 is 0 Å². The molecule has 20 heavy (non-hydrogen) atoms. The van der Waals surface area contributed by atoms with Gasteiger partial charge in [-0.3, -0.25) is 4.90 Å². The molecule has 2 saturated carbocycles. The lowest BCUT2D eigenvalue weighted by Gasteiger charge is -2.54. The summed E-state index contributed by atoms with van der Waals surface area (Å²) >= 11 is 0. The third-order valence-electron chi connectivity index (χ3n) is 5.87. The summed E-state index contributed by atoms with van der Waals surface area (Å²) in [5.41, 5.74) is 0.447. The van der Waals surface area contributed by atoms with E-state index in [0.29, 0.717) is 17.7 Å². The molecule has 0 aromatic carbocycles. The topological polar surface area (TPSA) is 24.5 Å². The van der Waals surface area contributed by atoms with E-state index in [9.17, 15) is 0 Å². The van der Waals surface area contributed by atoms with Crippen LogP contribution in [-0.4, -0.2) is 48.3 Å². The van der Waals surface area contributed by atoms with E-state index in [0.717, 1.165) is 18.6 Å². The molecule has 3 rings (SSSR count). The average molecular weight is 280 g/mol. The Labute approximate surface area is 124 Å². The lowest BCUT2D eigenvalue weighted by molar-refractivity contribution is -0.0815. The molecule has 1 aliphatic heterocycles. The van der Waals surface area contributed by atoms with Crippen LogP contribution in [-0.2, 0) is 4.74 Å². The predicted octanol–water partition coefficient (Wildman–Crippen LogP) is 2.80. The maximum absolute atomic E-state index is 5.77. The van der Waals surface area contributed by atoms with Crippen LogP contribution in [0.1, 0.15) is 59.3 Å². The Morgan fingerprint density at radius 2 is 1.95 bits per heavy atom. The van der Waals surface area contributed by atoms with Crippen LogP contribution in [0, 0.1) is 5.92 Å². The zero-order valence-corrected chi connectivity index (χ0v) is 13.5. The highest BCUT2D eigenvalue weighted by atomic mass is 16.5. The maximum atomic E-state index is 5.77. The first-order valence-electron chi connectivity index (χ1n) is 8.76. The number of hydrogen-bond donors (Lipinski definition) is 1. The lowest BCUT2D eigenvalue weighted by atomic mass is 9.81. The Morgan fingerprint density at radius 1 is 1.25 bits per heavy atom. The van der Waals surface area contributed by atoms with Crippen LogP contribution in [0.3, 0.4) is 0 Å². The quantitative estimate of drug-likeness (QED) is 0.857. The van der Waals surface area contributed by atoms with E-state index < -0.39 is 0 Å². The zero-order chi connectivity index (χ0) is 14.2. The van der Waals surface area contributed by atoms with Gasteiger partial charge in [0.25, 0.3) is 0 Å². The van der Waals surface area contributed by atoms with E-state index in [2.05, 4.69) is 31.0 Å². The molecule has 1 spiro atoms. The first-order valence-corrected chi connectivity index (χ1v) is 8.76. The summed E-state index contributed by atoms with van der Waals surface area (Å²) in [5.74, 6) is 0.743. The van der Waals surface area contributed by atoms with Gasteiger partial charge >= 0.3 is 0 Å². The molecule has 1 heterocycles. The van der Waals surface area contributed by atoms with Crippen molar-refractivity contribution in [1.82, 2.24) is 10.2 Å². The minimum Gasteiger partial charge on any atom is -0.378 e. The Kier molecular flexibility index (Phi) is 4.40. The molecule has 1 unspecified atom stereocenters. The van der Waals surface area contributed by atoms with Gasteiger partial charge in [0.2, 0.25) is 0 Å². The Hall–Kier alpha value is -0.120. The van der Waals surface area contributed by atoms with Crippen LogP contribution in [0.15, 0.2) is 0 Å². The van der Waals surface area contributed by atoms with Crippen LogP contribution in [0.4, 0.5) is 0 Å². The second-order valence-corrected chi connectivity index (χ2v) is 7.55. The van der Waals surface area contributed by atoms with Gasteiger partial charge in [-0.25, -0.2) is 0 Å². The van der Waals surface area contributed by atoms with Crippen molar-refractivity contribution in [3.05, 3.63) is 0 Å². The van der Waals surface area contributed by atoms with E-state index in [-0.39, 0.29) is 0 Å². The molecule has 116 valence electrons. The van der Waals surface area contributed by atoms with Gasteiger partial charge in [-0.05, 0) is 38.5 Å². The third-order valence-corrected chi connectivity index (χ3v) is 5.87. The Morgan fingerprint density at radius 3 is 2.55 bits per heavy atom. The van der Waals surface area contributed by atoms with Crippen molar-refractivity contribution >= 4 is 0 Å². The van der Waals surface area contributed by atoms with Gasteiger partial charge in [0.05, 0.1) is 6.10 Å². The van der Waals surface area contributed by atoms with Crippen molar-refractivity contribution in [2.24, 2.45) is 5.92 Å². The monoisotopic (exact) mass is 280 g/mol. The molecular weight excluding hydrogens is 248 g/mol. The highest BCUT2D eigenvalue weighted by molar-refractivity contribution is 5.05. The second kappa shape index (κ2) is 5.94. The summed E-state index contributed by atoms with van der Waals surface area (Å²) in [6, 6.07) is 1.49. The number of nitrogens with one attached hydrogen (secondary N) is 1. The molecule has 3 heteroatoms. The van der Waals surface area contributed by atoms with Gasteiger partial charge < -0.3 is 10.1 Å². The van der Waals surface area contributed by atoms with Crippen LogP contribution in [0.5, 0.6) is 0 Å². The molecule has 0 bridgehead atoms. The summed E-state index contributed by atoms with van der Waals surface area (Å²) in [6.07, 6.45) is 8.65. The minimum atomic E-state index is 0.447. The van der Waals surface area contributed by atoms with Gasteiger partial charge in [-0.15, -0.1) is 0 Å². The molecular formula is C17H32N2O. The highest BCUT2D eigenvalue weighted by Gasteiger charge is 2.46. The molecule has 3 fully saturated rings. The SMILES string of the molecule is CCOC1CC(N2CC3(CCCC3)NCC2C(C)C)C1. The number of hydrogen-bond acceptors (Lipinski definition) is 3. The van der Waals surface area contributed by atoms with Crippen LogP contribution in [0.2, 0.25) is 0 Å². The van der Waals surface area contributed by atoms with Gasteiger partial charge in [-0.2, -0.15) is 0 Å². The molecule has 0 aromatic rings. The van der Waals surface area contributed by atoms with E-state index >= 15 is 0 Å². The van der Waals surface area contributed by atoms with E-state index in [1.807, 2.05) is 0 Å². The Balaban J connectivity index is 1.64. The van der Waals surface area contributed by atoms with Crippen molar-refractivity contribution in [2.45, 2.75) is 83.0 Å². The summed E-state index contributed by atoms with van der Waals surface area (Å²) in [7, 11) is 0. The zero-order valence-electron chi connectivity index (χ0n) is 13.5. The van der Waals surface area contributed by atoms with Crippen molar-refractivity contribution in [3.8, 4) is 0 Å². The third kappa shape index (κ3) is 2.77.